The number of nitrogens with zero attached hydrogens (tertiary/aromatic N) is 1. The van der Waals surface area contributed by atoms with Crippen LogP contribution in [-0.4, -0.2) is 37.2 Å². The Morgan fingerprint density at radius 3 is 2.79 bits per heavy atom. The summed E-state index contributed by atoms with van der Waals surface area (Å²) in [6, 6.07) is 7.55. The van der Waals surface area contributed by atoms with E-state index in [1.807, 2.05) is 0 Å². The third-order valence-corrected chi connectivity index (χ3v) is 3.70. The molecule has 0 amide bonds. The van der Waals surface area contributed by atoms with Crippen LogP contribution in [0, 0.1) is 6.92 Å². The average molecular weight is 285 g/mol. The topological polar surface area (TPSA) is 24.5 Å². The van der Waals surface area contributed by atoms with Crippen LogP contribution in [0.5, 0.6) is 5.75 Å². The Bertz CT molecular complexity index is 411. The van der Waals surface area contributed by atoms with Gasteiger partial charge in [0.2, 0.25) is 0 Å². The molecule has 1 aliphatic rings. The van der Waals surface area contributed by atoms with Gasteiger partial charge in [0.25, 0.3) is 0 Å². The predicted octanol–water partition coefficient (Wildman–Crippen LogP) is 2.61. The average Bonchev–Trinajstić information content (AvgIpc) is 2.34. The molecule has 1 aromatic carbocycles. The third kappa shape index (κ3) is 4.10. The minimum Gasteiger partial charge on any atom is -0.496 e. The molecule has 4 heteroatoms. The van der Waals surface area contributed by atoms with Gasteiger partial charge in [-0.05, 0) is 26.8 Å². The van der Waals surface area contributed by atoms with E-state index in [0.717, 1.165) is 25.4 Å². The highest BCUT2D eigenvalue weighted by Gasteiger charge is 2.23. The Morgan fingerprint density at radius 1 is 1.37 bits per heavy atom. The summed E-state index contributed by atoms with van der Waals surface area (Å²) in [6.45, 7) is 9.78. The molecule has 0 radical (unpaired) electrons. The van der Waals surface area contributed by atoms with Crippen molar-refractivity contribution < 1.29 is 4.74 Å². The van der Waals surface area contributed by atoms with Gasteiger partial charge in [-0.2, -0.15) is 0 Å². The zero-order chi connectivity index (χ0) is 13.1. The maximum Gasteiger partial charge on any atom is 0.123 e. The van der Waals surface area contributed by atoms with E-state index < -0.39 is 0 Å². The molecule has 0 spiro atoms. The second-order valence-corrected chi connectivity index (χ2v) is 5.40. The molecule has 19 heavy (non-hydrogen) atoms. The van der Waals surface area contributed by atoms with Gasteiger partial charge >= 0.3 is 0 Å². The van der Waals surface area contributed by atoms with Crippen LogP contribution in [-0.2, 0) is 6.54 Å². The first-order valence-corrected chi connectivity index (χ1v) is 6.71. The van der Waals surface area contributed by atoms with Gasteiger partial charge in [0.15, 0.2) is 0 Å². The summed E-state index contributed by atoms with van der Waals surface area (Å²) in [7, 11) is 1.75. The van der Waals surface area contributed by atoms with Gasteiger partial charge in [0.05, 0.1) is 7.11 Å². The summed E-state index contributed by atoms with van der Waals surface area (Å²) >= 11 is 0. The second-order valence-electron chi connectivity index (χ2n) is 5.40. The number of piperazine rings is 1. The first kappa shape index (κ1) is 16.3. The summed E-state index contributed by atoms with van der Waals surface area (Å²) in [5.74, 6) is 0.999. The lowest BCUT2D eigenvalue weighted by molar-refractivity contribution is 0.137. The molecule has 1 aliphatic heterocycles. The maximum atomic E-state index is 5.46. The van der Waals surface area contributed by atoms with Crippen LogP contribution in [0.25, 0.3) is 0 Å². The maximum absolute atomic E-state index is 5.46. The summed E-state index contributed by atoms with van der Waals surface area (Å²) in [6.07, 6.45) is 0. The first-order valence-electron chi connectivity index (χ1n) is 6.71. The van der Waals surface area contributed by atoms with E-state index in [0.29, 0.717) is 12.1 Å². The van der Waals surface area contributed by atoms with Crippen LogP contribution in [0.2, 0.25) is 0 Å². The van der Waals surface area contributed by atoms with Crippen LogP contribution in [0.3, 0.4) is 0 Å². The molecule has 1 saturated heterocycles. The minimum absolute atomic E-state index is 0. The van der Waals surface area contributed by atoms with Gasteiger partial charge in [-0.3, -0.25) is 4.90 Å². The van der Waals surface area contributed by atoms with Crippen LogP contribution < -0.4 is 10.1 Å². The molecule has 2 atom stereocenters. The van der Waals surface area contributed by atoms with Gasteiger partial charge < -0.3 is 10.1 Å². The van der Waals surface area contributed by atoms with E-state index in [2.05, 4.69) is 49.2 Å². The van der Waals surface area contributed by atoms with Crippen LogP contribution >= 0.6 is 12.4 Å². The second kappa shape index (κ2) is 7.13. The molecule has 108 valence electrons. The monoisotopic (exact) mass is 284 g/mol. The van der Waals surface area contributed by atoms with E-state index in [9.17, 15) is 0 Å². The summed E-state index contributed by atoms with van der Waals surface area (Å²) in [5, 5.41) is 3.51. The molecular formula is C15H25ClN2O. The quantitative estimate of drug-likeness (QED) is 0.923. The molecular weight excluding hydrogens is 260 g/mol. The number of methoxy groups -OCH3 is 1. The van der Waals surface area contributed by atoms with E-state index in [4.69, 9.17) is 4.74 Å². The van der Waals surface area contributed by atoms with Crippen molar-refractivity contribution in [1.29, 1.82) is 0 Å². The van der Waals surface area contributed by atoms with Crippen molar-refractivity contribution in [2.45, 2.75) is 39.4 Å². The fraction of sp³-hybridized carbons (Fsp3) is 0.600. The molecule has 1 aromatic rings. The Balaban J connectivity index is 0.00000180. The SMILES string of the molecule is COc1ccc(C)cc1CN1CC(C)NCC1C.Cl. The number of hydrogen-bond acceptors (Lipinski definition) is 3. The Morgan fingerprint density at radius 2 is 2.11 bits per heavy atom. The van der Waals surface area contributed by atoms with Crippen molar-refractivity contribution in [3.8, 4) is 5.75 Å². The smallest absolute Gasteiger partial charge is 0.123 e. The number of aryl methyl sites for hydroxylation is 1. The first-order chi connectivity index (χ1) is 8.60. The molecule has 1 N–H and O–H groups in total. The van der Waals surface area contributed by atoms with Gasteiger partial charge in [-0.25, -0.2) is 0 Å². The molecule has 0 aliphatic carbocycles. The van der Waals surface area contributed by atoms with E-state index in [1.165, 1.54) is 11.1 Å². The van der Waals surface area contributed by atoms with Gasteiger partial charge in [-0.1, -0.05) is 17.7 Å². The number of nitrogens with one attached hydrogen (secondary N) is 1. The Hall–Kier alpha value is -0.770. The van der Waals surface area contributed by atoms with E-state index in [1.54, 1.807) is 7.11 Å². The molecule has 0 saturated carbocycles. The van der Waals surface area contributed by atoms with Crippen molar-refractivity contribution in [2.24, 2.45) is 0 Å². The fourth-order valence-electron chi connectivity index (χ4n) is 2.57. The Kier molecular flexibility index (Phi) is 6.11. The van der Waals surface area contributed by atoms with E-state index in [-0.39, 0.29) is 12.4 Å². The van der Waals surface area contributed by atoms with Gasteiger partial charge in [0.1, 0.15) is 5.75 Å². The zero-order valence-corrected chi connectivity index (χ0v) is 13.1. The minimum atomic E-state index is 0. The number of hydrogen-bond donors (Lipinski definition) is 1. The molecule has 1 fully saturated rings. The highest BCUT2D eigenvalue weighted by Crippen LogP contribution is 2.23. The van der Waals surface area contributed by atoms with Crippen molar-refractivity contribution in [3.05, 3.63) is 29.3 Å². The fourth-order valence-corrected chi connectivity index (χ4v) is 2.57. The van der Waals surface area contributed by atoms with Crippen molar-refractivity contribution in [1.82, 2.24) is 10.2 Å². The van der Waals surface area contributed by atoms with Gasteiger partial charge in [0, 0.05) is 37.3 Å². The van der Waals surface area contributed by atoms with Crippen LogP contribution in [0.1, 0.15) is 25.0 Å². The number of benzene rings is 1. The predicted molar refractivity (Wildman–Crippen MR) is 82.3 cm³/mol. The van der Waals surface area contributed by atoms with Crippen molar-refractivity contribution in [2.75, 3.05) is 20.2 Å². The Labute approximate surface area is 122 Å². The molecule has 2 unspecified atom stereocenters. The molecule has 3 nitrogen and oxygen atoms in total. The van der Waals surface area contributed by atoms with Crippen molar-refractivity contribution in [3.63, 3.8) is 0 Å². The lowest BCUT2D eigenvalue weighted by Gasteiger charge is -2.37. The lowest BCUT2D eigenvalue weighted by atomic mass is 10.1. The number of halogens is 1. The normalized spacial score (nSPS) is 23.8. The van der Waals surface area contributed by atoms with Gasteiger partial charge in [-0.15, -0.1) is 12.4 Å². The zero-order valence-electron chi connectivity index (χ0n) is 12.3. The third-order valence-electron chi connectivity index (χ3n) is 3.70. The summed E-state index contributed by atoms with van der Waals surface area (Å²) < 4.78 is 5.46. The molecule has 1 heterocycles. The van der Waals surface area contributed by atoms with Crippen molar-refractivity contribution >= 4 is 12.4 Å². The van der Waals surface area contributed by atoms with E-state index >= 15 is 0 Å². The lowest BCUT2D eigenvalue weighted by Crippen LogP contribution is -2.53. The standard InChI is InChI=1S/C15H24N2O.ClH/c1-11-5-6-15(18-4)14(7-11)10-17-9-12(2)16-8-13(17)3;/h5-7,12-13,16H,8-10H2,1-4H3;1H. The highest BCUT2D eigenvalue weighted by atomic mass is 35.5. The highest BCUT2D eigenvalue weighted by molar-refractivity contribution is 5.85. The number of ether oxygens (including phenoxy) is 1. The molecule has 0 aromatic heterocycles. The summed E-state index contributed by atoms with van der Waals surface area (Å²) in [4.78, 5) is 2.53. The largest absolute Gasteiger partial charge is 0.496 e. The number of rotatable bonds is 3. The van der Waals surface area contributed by atoms with Crippen LogP contribution in [0.15, 0.2) is 18.2 Å². The molecule has 2 rings (SSSR count). The molecule has 0 bridgehead atoms. The summed E-state index contributed by atoms with van der Waals surface area (Å²) in [5.41, 5.74) is 2.58. The van der Waals surface area contributed by atoms with Crippen LogP contribution in [0.4, 0.5) is 0 Å².